The molecular weight excluding hydrogens is 302 g/mol. The topological polar surface area (TPSA) is 49.8 Å². The molecule has 0 bridgehead atoms. The zero-order chi connectivity index (χ0) is 16.7. The highest BCUT2D eigenvalue weighted by atomic mass is 16.5. The number of anilines is 2. The number of hydrogen-bond acceptors (Lipinski definition) is 3. The molecule has 0 unspecified atom stereocenters. The fraction of sp³-hybridized carbons (Fsp3) is 0.350. The molecule has 4 rings (SSSR count). The van der Waals surface area contributed by atoms with E-state index in [1.165, 1.54) is 0 Å². The van der Waals surface area contributed by atoms with Crippen molar-refractivity contribution >= 4 is 17.3 Å². The number of aliphatic hydroxyl groups excluding tert-OH is 1. The lowest BCUT2D eigenvalue weighted by Crippen LogP contribution is -2.42. The Morgan fingerprint density at radius 1 is 1.17 bits per heavy atom. The normalized spacial score (nSPS) is 28.6. The van der Waals surface area contributed by atoms with Gasteiger partial charge in [-0.05, 0) is 31.0 Å². The van der Waals surface area contributed by atoms with Crippen LogP contribution >= 0.6 is 0 Å². The average Bonchev–Trinajstić information content (AvgIpc) is 3.06. The third kappa shape index (κ3) is 2.03. The number of ether oxygens (including phenoxy) is 1. The number of nitrogens with zero attached hydrogens (tertiary/aromatic N) is 1. The van der Waals surface area contributed by atoms with E-state index in [4.69, 9.17) is 4.74 Å². The number of fused-ring (bicyclic) bond motifs is 2. The van der Waals surface area contributed by atoms with Crippen LogP contribution < -0.4 is 4.90 Å². The van der Waals surface area contributed by atoms with Crippen molar-refractivity contribution in [3.63, 3.8) is 0 Å². The molecule has 124 valence electrons. The number of rotatable bonds is 3. The maximum absolute atomic E-state index is 13.5. The van der Waals surface area contributed by atoms with Crippen LogP contribution in [0.1, 0.15) is 25.3 Å². The number of amides is 1. The Morgan fingerprint density at radius 3 is 2.62 bits per heavy atom. The number of carbonyl (C=O) groups is 1. The zero-order valence-electron chi connectivity index (χ0n) is 13.7. The molecule has 1 spiro atoms. The molecule has 4 heteroatoms. The number of hydrogen-bond donors (Lipinski definition) is 1. The first-order valence-electron chi connectivity index (χ1n) is 8.46. The van der Waals surface area contributed by atoms with Gasteiger partial charge in [-0.15, -0.1) is 0 Å². The van der Waals surface area contributed by atoms with Crippen LogP contribution in [0.5, 0.6) is 0 Å². The molecule has 3 atom stereocenters. The first-order chi connectivity index (χ1) is 11.7. The summed E-state index contributed by atoms with van der Waals surface area (Å²) in [5.41, 5.74) is 1.75. The summed E-state index contributed by atoms with van der Waals surface area (Å²) in [4.78, 5) is 15.3. The van der Waals surface area contributed by atoms with Crippen LogP contribution in [-0.4, -0.2) is 23.7 Å². The Morgan fingerprint density at radius 2 is 1.88 bits per heavy atom. The predicted octanol–water partition coefficient (Wildman–Crippen LogP) is 3.37. The molecule has 1 saturated heterocycles. The van der Waals surface area contributed by atoms with Gasteiger partial charge in [0.05, 0.1) is 11.8 Å². The molecule has 0 aliphatic carbocycles. The molecule has 24 heavy (non-hydrogen) atoms. The van der Waals surface area contributed by atoms with E-state index in [1.807, 2.05) is 54.6 Å². The maximum Gasteiger partial charge on any atom is 0.268 e. The van der Waals surface area contributed by atoms with Crippen LogP contribution in [-0.2, 0) is 15.1 Å². The second-order valence-corrected chi connectivity index (χ2v) is 6.62. The Bertz CT molecular complexity index is 760. The summed E-state index contributed by atoms with van der Waals surface area (Å²) in [5, 5.41) is 9.26. The molecule has 0 radical (unpaired) electrons. The minimum absolute atomic E-state index is 0.0251. The number of para-hydroxylation sites is 2. The van der Waals surface area contributed by atoms with Gasteiger partial charge in [-0.2, -0.15) is 0 Å². The van der Waals surface area contributed by atoms with Crippen LogP contribution in [0, 0.1) is 5.92 Å². The quantitative estimate of drug-likeness (QED) is 0.942. The molecule has 4 nitrogen and oxygen atoms in total. The molecule has 0 aromatic heterocycles. The van der Waals surface area contributed by atoms with Gasteiger partial charge in [0.2, 0.25) is 0 Å². The van der Waals surface area contributed by atoms with Crippen LogP contribution in [0.3, 0.4) is 0 Å². The standard InChI is InChI=1S/C20H21NO3/c1-14-13-16(11-12-22)24-20(14)17-9-5-6-10-18(17)21(19(20)23)15-7-3-2-4-8-15/h2-10,14,16,22H,11-13H2,1H3/t14-,16+,20+/m1/s1. The molecule has 1 amide bonds. The third-order valence-corrected chi connectivity index (χ3v) is 5.19. The molecule has 1 N–H and O–H groups in total. The van der Waals surface area contributed by atoms with Gasteiger partial charge in [0, 0.05) is 23.8 Å². The van der Waals surface area contributed by atoms with E-state index in [0.717, 1.165) is 23.4 Å². The lowest BCUT2D eigenvalue weighted by Gasteiger charge is -2.28. The second-order valence-electron chi connectivity index (χ2n) is 6.62. The summed E-state index contributed by atoms with van der Waals surface area (Å²) in [6.45, 7) is 2.15. The summed E-state index contributed by atoms with van der Waals surface area (Å²) in [7, 11) is 0. The van der Waals surface area contributed by atoms with Gasteiger partial charge in [0.25, 0.3) is 5.91 Å². The van der Waals surface area contributed by atoms with E-state index >= 15 is 0 Å². The molecule has 2 aromatic rings. The van der Waals surface area contributed by atoms with Crippen molar-refractivity contribution < 1.29 is 14.6 Å². The third-order valence-electron chi connectivity index (χ3n) is 5.19. The van der Waals surface area contributed by atoms with Crippen LogP contribution in [0.4, 0.5) is 11.4 Å². The number of benzene rings is 2. The Hall–Kier alpha value is -2.17. The van der Waals surface area contributed by atoms with Crippen molar-refractivity contribution in [2.24, 2.45) is 5.92 Å². The van der Waals surface area contributed by atoms with Gasteiger partial charge in [0.1, 0.15) is 0 Å². The van der Waals surface area contributed by atoms with Gasteiger partial charge >= 0.3 is 0 Å². The van der Waals surface area contributed by atoms with Gasteiger partial charge in [0.15, 0.2) is 5.60 Å². The number of carbonyl (C=O) groups excluding carboxylic acids is 1. The fourth-order valence-corrected chi connectivity index (χ4v) is 4.11. The van der Waals surface area contributed by atoms with Crippen molar-refractivity contribution in [2.45, 2.75) is 31.5 Å². The minimum Gasteiger partial charge on any atom is -0.396 e. The zero-order valence-corrected chi connectivity index (χ0v) is 13.7. The molecule has 2 aromatic carbocycles. The SMILES string of the molecule is C[C@@H]1C[C@H](CCO)O[C@@]12C(=O)N(c1ccccc1)c1ccccc12. The lowest BCUT2D eigenvalue weighted by molar-refractivity contribution is -0.145. The van der Waals surface area contributed by atoms with Gasteiger partial charge in [-0.3, -0.25) is 9.69 Å². The first-order valence-corrected chi connectivity index (χ1v) is 8.46. The lowest BCUT2D eigenvalue weighted by atomic mass is 9.83. The van der Waals surface area contributed by atoms with Crippen molar-refractivity contribution in [1.82, 2.24) is 0 Å². The Kier molecular flexibility index (Phi) is 3.66. The summed E-state index contributed by atoms with van der Waals surface area (Å²) in [6.07, 6.45) is 1.26. The molecule has 2 heterocycles. The highest BCUT2D eigenvalue weighted by Crippen LogP contribution is 2.55. The predicted molar refractivity (Wildman–Crippen MR) is 92.1 cm³/mol. The van der Waals surface area contributed by atoms with Gasteiger partial charge in [-0.1, -0.05) is 43.3 Å². The van der Waals surface area contributed by atoms with E-state index in [2.05, 4.69) is 6.92 Å². The number of aliphatic hydroxyl groups is 1. The Labute approximate surface area is 141 Å². The van der Waals surface area contributed by atoms with E-state index in [1.54, 1.807) is 4.90 Å². The largest absolute Gasteiger partial charge is 0.396 e. The van der Waals surface area contributed by atoms with Crippen LogP contribution in [0.25, 0.3) is 0 Å². The first kappa shape index (κ1) is 15.4. The van der Waals surface area contributed by atoms with Crippen molar-refractivity contribution in [3.05, 3.63) is 60.2 Å². The summed E-state index contributed by atoms with van der Waals surface area (Å²) >= 11 is 0. The van der Waals surface area contributed by atoms with Crippen LogP contribution in [0.2, 0.25) is 0 Å². The summed E-state index contributed by atoms with van der Waals surface area (Å²) < 4.78 is 6.30. The van der Waals surface area contributed by atoms with Crippen molar-refractivity contribution in [2.75, 3.05) is 11.5 Å². The Balaban J connectivity index is 1.84. The van der Waals surface area contributed by atoms with Crippen molar-refractivity contribution in [1.29, 1.82) is 0 Å². The maximum atomic E-state index is 13.5. The fourth-order valence-electron chi connectivity index (χ4n) is 4.11. The van der Waals surface area contributed by atoms with Gasteiger partial charge < -0.3 is 9.84 Å². The molecular formula is C20H21NO3. The second kappa shape index (κ2) is 5.72. The van der Waals surface area contributed by atoms with Crippen molar-refractivity contribution in [3.8, 4) is 0 Å². The van der Waals surface area contributed by atoms with E-state index in [9.17, 15) is 9.90 Å². The van der Waals surface area contributed by atoms with E-state index < -0.39 is 5.60 Å². The summed E-state index contributed by atoms with van der Waals surface area (Å²) in [5.74, 6) is 0.0410. The molecule has 1 fully saturated rings. The molecule has 2 aliphatic rings. The summed E-state index contributed by atoms with van der Waals surface area (Å²) in [6, 6.07) is 17.6. The van der Waals surface area contributed by atoms with Gasteiger partial charge in [-0.25, -0.2) is 0 Å². The van der Waals surface area contributed by atoms with Crippen LogP contribution in [0.15, 0.2) is 54.6 Å². The minimum atomic E-state index is -0.938. The van der Waals surface area contributed by atoms with E-state index in [0.29, 0.717) is 6.42 Å². The smallest absolute Gasteiger partial charge is 0.268 e. The highest BCUT2D eigenvalue weighted by Gasteiger charge is 2.60. The average molecular weight is 323 g/mol. The monoisotopic (exact) mass is 323 g/mol. The molecule has 0 saturated carbocycles. The molecule has 2 aliphatic heterocycles. The van der Waals surface area contributed by atoms with E-state index in [-0.39, 0.29) is 24.5 Å². The highest BCUT2D eigenvalue weighted by molar-refractivity contribution is 6.12.